The number of hydrogen-bond acceptors (Lipinski definition) is 6. The highest BCUT2D eigenvalue weighted by molar-refractivity contribution is 6.89. The largest absolute Gasteiger partial charge is 0.455 e. The molecule has 390 valence electrons. The lowest BCUT2D eigenvalue weighted by Crippen LogP contribution is -2.37. The number of fused-ring (bicyclic) bond motifs is 19. The maximum absolute atomic E-state index is 7.61. The van der Waals surface area contributed by atoms with Gasteiger partial charge in [0.05, 0.1) is 55.4 Å². The molecule has 0 saturated heterocycles. The van der Waals surface area contributed by atoms with Gasteiger partial charge in [-0.05, 0) is 119 Å². The van der Waals surface area contributed by atoms with E-state index in [0.717, 1.165) is 140 Å². The lowest BCUT2D eigenvalue weighted by molar-refractivity contribution is 0.473. The van der Waals surface area contributed by atoms with Gasteiger partial charge < -0.3 is 28.3 Å². The smallest absolute Gasteiger partial charge is 0.160 e. The van der Waals surface area contributed by atoms with Crippen LogP contribution in [0.2, 0.25) is 39.3 Å². The monoisotopic (exact) mass is 1080 g/mol. The van der Waals surface area contributed by atoms with Crippen LogP contribution in [0.25, 0.3) is 55.0 Å². The fourth-order valence-corrected chi connectivity index (χ4v) is 16.0. The number of anilines is 9. The summed E-state index contributed by atoms with van der Waals surface area (Å²) >= 11 is 0. The highest BCUT2D eigenvalue weighted by Crippen LogP contribution is 2.70. The fraction of sp³-hybridized carbons (Fsp3) is 0.0959. The topological polar surface area (TPSA) is 45.2 Å². The van der Waals surface area contributed by atoms with Gasteiger partial charge in [-0.15, -0.1) is 0 Å². The second-order valence-corrected chi connectivity index (χ2v) is 34.2. The Bertz CT molecular complexity index is 4710. The van der Waals surface area contributed by atoms with Gasteiger partial charge in [0.1, 0.15) is 16.7 Å². The summed E-state index contributed by atoms with van der Waals surface area (Å²) in [6, 6.07) is 86.7. The molecule has 81 heavy (non-hydrogen) atoms. The lowest BCUT2D eigenvalue weighted by Gasteiger charge is -2.47. The molecule has 2 aliphatic heterocycles. The van der Waals surface area contributed by atoms with Gasteiger partial charge >= 0.3 is 0 Å². The van der Waals surface area contributed by atoms with Gasteiger partial charge in [0, 0.05) is 50.0 Å². The minimum atomic E-state index is -1.65. The first-order valence-corrected chi connectivity index (χ1v) is 35.2. The summed E-state index contributed by atoms with van der Waals surface area (Å²) in [5, 5.41) is 6.98. The Kier molecular flexibility index (Phi) is 10.2. The third kappa shape index (κ3) is 6.84. The molecule has 11 aromatic carbocycles. The molecule has 0 bridgehead atoms. The predicted octanol–water partition coefficient (Wildman–Crippen LogP) is 19.8. The number of ether oxygens (including phenoxy) is 1. The van der Waals surface area contributed by atoms with Crippen LogP contribution < -0.4 is 29.8 Å². The Morgan fingerprint density at radius 3 is 1.47 bits per heavy atom. The molecule has 1 atom stereocenters. The number of nitrogens with zero attached hydrogens (tertiary/aromatic N) is 3. The molecule has 1 aliphatic carbocycles. The predicted molar refractivity (Wildman–Crippen MR) is 342 cm³/mol. The molecule has 0 N–H and O–H groups in total. The van der Waals surface area contributed by atoms with E-state index < -0.39 is 21.6 Å². The first-order valence-electron chi connectivity index (χ1n) is 28.2. The van der Waals surface area contributed by atoms with Crippen molar-refractivity contribution < 1.29 is 13.6 Å². The molecule has 0 radical (unpaired) electrons. The van der Waals surface area contributed by atoms with Crippen LogP contribution in [0.3, 0.4) is 0 Å². The van der Waals surface area contributed by atoms with E-state index in [-0.39, 0.29) is 0 Å². The zero-order valence-corrected chi connectivity index (χ0v) is 48.1. The Labute approximate surface area is 473 Å². The standard InChI is InChI=1S/C73H57N3O3Si2/c1-80(2,3)50-40-36-48(37-41-50)74(46-22-9-7-10-23-46)60-44-57-69(72-66(60)52-26-13-18-32-62(52)79-72)68-56(73(57)54-28-15-16-30-58(54)76-59-31-17-20-34-64(59)77-65-35-21-29-55(73)70(65)76)45-61(71-67(68)53-27-14-19-33-63(53)78-71)75(47-24-11-8-12-25-47)49-38-42-51(43-39-49)81(4,5)6/h7-45H,1-6H3. The molecule has 2 aromatic heterocycles. The van der Waals surface area contributed by atoms with Crippen LogP contribution in [0.15, 0.2) is 245 Å². The summed E-state index contributed by atoms with van der Waals surface area (Å²) < 4.78 is 22.1. The molecule has 1 unspecified atom stereocenters. The number of benzene rings is 11. The average molecular weight is 1080 g/mol. The normalized spacial score (nSPS) is 14.9. The van der Waals surface area contributed by atoms with E-state index in [1.165, 1.54) is 10.4 Å². The van der Waals surface area contributed by atoms with Crippen LogP contribution in [-0.4, -0.2) is 16.1 Å². The summed E-state index contributed by atoms with van der Waals surface area (Å²) in [4.78, 5) is 7.33. The molecule has 3 aliphatic rings. The van der Waals surface area contributed by atoms with Gasteiger partial charge in [0.2, 0.25) is 0 Å². The van der Waals surface area contributed by atoms with E-state index in [0.29, 0.717) is 0 Å². The molecule has 4 heterocycles. The van der Waals surface area contributed by atoms with Crippen molar-refractivity contribution in [1.82, 2.24) is 0 Å². The van der Waals surface area contributed by atoms with Gasteiger partial charge in [-0.2, -0.15) is 0 Å². The molecule has 0 saturated carbocycles. The number of para-hydroxylation sites is 8. The minimum Gasteiger partial charge on any atom is -0.455 e. The summed E-state index contributed by atoms with van der Waals surface area (Å²) in [6.07, 6.45) is 0. The van der Waals surface area contributed by atoms with E-state index in [4.69, 9.17) is 13.6 Å². The van der Waals surface area contributed by atoms with E-state index in [1.807, 2.05) is 0 Å². The van der Waals surface area contributed by atoms with Gasteiger partial charge in [-0.1, -0.05) is 189 Å². The summed E-state index contributed by atoms with van der Waals surface area (Å²) in [6.45, 7) is 14.5. The SMILES string of the molecule is C[Si](C)(C)c1ccc(N(c2ccccc2)c2cc3c(c4c2oc2ccccc24)-c2c(cc(N(c4ccccc4)c4ccc([Si](C)(C)C)cc4)c4c2oc2ccccc24)C32c3ccccc3N3c4ccccc4Oc4cccc2c43)cc1. The first kappa shape index (κ1) is 47.6. The van der Waals surface area contributed by atoms with Crippen LogP contribution in [0, 0.1) is 0 Å². The van der Waals surface area contributed by atoms with Crippen molar-refractivity contribution in [3.05, 3.63) is 259 Å². The second kappa shape index (κ2) is 17.3. The molecule has 8 heteroatoms. The van der Waals surface area contributed by atoms with Gasteiger partial charge in [-0.25, -0.2) is 0 Å². The summed E-state index contributed by atoms with van der Waals surface area (Å²) in [5.41, 5.74) is 18.2. The number of hydrogen-bond donors (Lipinski definition) is 0. The van der Waals surface area contributed by atoms with Crippen molar-refractivity contribution in [3.8, 4) is 22.6 Å². The van der Waals surface area contributed by atoms with Gasteiger partial charge in [0.15, 0.2) is 17.1 Å². The fourth-order valence-electron chi connectivity index (χ4n) is 13.6. The van der Waals surface area contributed by atoms with Crippen molar-refractivity contribution in [2.45, 2.75) is 44.7 Å². The third-order valence-electron chi connectivity index (χ3n) is 17.3. The maximum Gasteiger partial charge on any atom is 0.160 e. The van der Waals surface area contributed by atoms with Crippen LogP contribution >= 0.6 is 0 Å². The first-order chi connectivity index (χ1) is 39.5. The van der Waals surface area contributed by atoms with Crippen molar-refractivity contribution in [1.29, 1.82) is 0 Å². The molecular formula is C73H57N3O3Si2. The molecule has 16 rings (SSSR count). The summed E-state index contributed by atoms with van der Waals surface area (Å²) in [7, 11) is -3.31. The third-order valence-corrected chi connectivity index (χ3v) is 21.4. The second-order valence-electron chi connectivity index (χ2n) is 24.0. The minimum absolute atomic E-state index is 0.802. The molecule has 0 fully saturated rings. The maximum atomic E-state index is 7.61. The average Bonchev–Trinajstić information content (AvgIpc) is 1.79. The van der Waals surface area contributed by atoms with Gasteiger partial charge in [0.25, 0.3) is 0 Å². The number of furan rings is 2. The van der Waals surface area contributed by atoms with Crippen molar-refractivity contribution >= 4 is 122 Å². The molecule has 6 nitrogen and oxygen atoms in total. The van der Waals surface area contributed by atoms with Crippen molar-refractivity contribution in [2.75, 3.05) is 14.7 Å². The zero-order valence-electron chi connectivity index (χ0n) is 46.1. The van der Waals surface area contributed by atoms with Crippen LogP contribution in [0.1, 0.15) is 22.3 Å². The highest BCUT2D eigenvalue weighted by atomic mass is 28.3. The molecule has 13 aromatic rings. The van der Waals surface area contributed by atoms with Gasteiger partial charge in [-0.3, -0.25) is 0 Å². The van der Waals surface area contributed by atoms with Crippen LogP contribution in [0.4, 0.5) is 51.2 Å². The Morgan fingerprint density at radius 1 is 0.370 bits per heavy atom. The Morgan fingerprint density at radius 2 is 0.840 bits per heavy atom. The quantitative estimate of drug-likeness (QED) is 0.141. The van der Waals surface area contributed by atoms with E-state index in [2.05, 4.69) is 291 Å². The van der Waals surface area contributed by atoms with E-state index >= 15 is 0 Å². The number of rotatable bonds is 8. The zero-order chi connectivity index (χ0) is 54.5. The molecule has 1 spiro atoms. The highest BCUT2D eigenvalue weighted by Gasteiger charge is 2.56. The van der Waals surface area contributed by atoms with Crippen LogP contribution in [-0.2, 0) is 5.41 Å². The summed E-state index contributed by atoms with van der Waals surface area (Å²) in [5.74, 6) is 1.62. The van der Waals surface area contributed by atoms with Crippen molar-refractivity contribution in [3.63, 3.8) is 0 Å². The van der Waals surface area contributed by atoms with Crippen LogP contribution in [0.5, 0.6) is 11.5 Å². The Hall–Kier alpha value is -9.35. The molecule has 0 amide bonds. The van der Waals surface area contributed by atoms with E-state index in [9.17, 15) is 0 Å². The lowest BCUT2D eigenvalue weighted by atomic mass is 9.64. The Balaban J connectivity index is 1.12. The molecular weight excluding hydrogens is 1020 g/mol. The van der Waals surface area contributed by atoms with E-state index in [1.54, 1.807) is 0 Å². The van der Waals surface area contributed by atoms with Crippen molar-refractivity contribution in [2.24, 2.45) is 0 Å².